The number of hydrogen-bond donors (Lipinski definition) is 0. The summed E-state index contributed by atoms with van der Waals surface area (Å²) in [6.07, 6.45) is 1.29. The largest absolute Gasteiger partial charge is 0.206 e. The quantitative estimate of drug-likeness (QED) is 0.628. The molecule has 1 fully saturated rings. The van der Waals surface area contributed by atoms with Crippen molar-refractivity contribution in [2.75, 3.05) is 0 Å². The van der Waals surface area contributed by atoms with Gasteiger partial charge in [-0.1, -0.05) is 30.9 Å². The molecule has 0 aliphatic heterocycles. The van der Waals surface area contributed by atoms with Crippen LogP contribution < -0.4 is 0 Å². The lowest BCUT2D eigenvalue weighted by Gasteiger charge is -2.08. The monoisotopic (exact) mass is 292 g/mol. The first-order chi connectivity index (χ1) is 10.5. The van der Waals surface area contributed by atoms with E-state index in [4.69, 9.17) is 0 Å². The summed E-state index contributed by atoms with van der Waals surface area (Å²) in [6, 6.07) is 9.58. The molecular formula is C21H21F. The van der Waals surface area contributed by atoms with Crippen LogP contribution in [-0.4, -0.2) is 0 Å². The third kappa shape index (κ3) is 2.92. The smallest absolute Gasteiger partial charge is 0.139 e. The average molecular weight is 292 g/mol. The summed E-state index contributed by atoms with van der Waals surface area (Å²) in [4.78, 5) is 0. The van der Waals surface area contributed by atoms with E-state index in [1.165, 1.54) is 29.2 Å². The van der Waals surface area contributed by atoms with Crippen LogP contribution in [0.5, 0.6) is 0 Å². The average Bonchev–Trinajstić information content (AvgIpc) is 3.17. The molecule has 1 heteroatoms. The molecule has 22 heavy (non-hydrogen) atoms. The van der Waals surface area contributed by atoms with Gasteiger partial charge >= 0.3 is 0 Å². The Morgan fingerprint density at radius 1 is 0.955 bits per heavy atom. The van der Waals surface area contributed by atoms with Gasteiger partial charge in [0.15, 0.2) is 0 Å². The van der Waals surface area contributed by atoms with Crippen LogP contribution in [0.25, 0.3) is 0 Å². The molecule has 0 radical (unpaired) electrons. The Labute approximate surface area is 132 Å². The van der Waals surface area contributed by atoms with Crippen molar-refractivity contribution in [2.24, 2.45) is 5.92 Å². The summed E-state index contributed by atoms with van der Waals surface area (Å²) in [5.74, 6) is 7.39. The van der Waals surface area contributed by atoms with Crippen LogP contribution in [0.3, 0.4) is 0 Å². The van der Waals surface area contributed by atoms with Gasteiger partial charge in [0.1, 0.15) is 5.82 Å². The maximum Gasteiger partial charge on any atom is 0.139 e. The lowest BCUT2D eigenvalue weighted by Crippen LogP contribution is -1.93. The van der Waals surface area contributed by atoms with Crippen molar-refractivity contribution in [1.82, 2.24) is 0 Å². The van der Waals surface area contributed by atoms with Crippen LogP contribution in [0, 0.1) is 44.3 Å². The molecule has 1 aliphatic rings. The van der Waals surface area contributed by atoms with Crippen molar-refractivity contribution < 1.29 is 4.39 Å². The van der Waals surface area contributed by atoms with Gasteiger partial charge in [0.05, 0.1) is 5.56 Å². The molecule has 0 heterocycles. The molecule has 2 atom stereocenters. The second kappa shape index (κ2) is 5.61. The van der Waals surface area contributed by atoms with E-state index in [2.05, 4.69) is 44.7 Å². The zero-order valence-corrected chi connectivity index (χ0v) is 13.6. The fourth-order valence-electron chi connectivity index (χ4n) is 2.98. The first-order valence-corrected chi connectivity index (χ1v) is 7.85. The third-order valence-electron chi connectivity index (χ3n) is 4.58. The van der Waals surface area contributed by atoms with E-state index in [0.717, 1.165) is 23.0 Å². The highest BCUT2D eigenvalue weighted by molar-refractivity contribution is 5.51. The van der Waals surface area contributed by atoms with Gasteiger partial charge in [-0.3, -0.25) is 0 Å². The minimum Gasteiger partial charge on any atom is -0.206 e. The lowest BCUT2D eigenvalue weighted by atomic mass is 9.96. The van der Waals surface area contributed by atoms with Crippen molar-refractivity contribution >= 4 is 0 Å². The highest BCUT2D eigenvalue weighted by atomic mass is 19.1. The topological polar surface area (TPSA) is 0 Å². The normalized spacial score (nSPS) is 19.5. The molecule has 2 unspecified atom stereocenters. The minimum atomic E-state index is -0.245. The highest BCUT2D eigenvalue weighted by Gasteiger charge is 2.35. The molecule has 1 saturated carbocycles. The van der Waals surface area contributed by atoms with Gasteiger partial charge in [0.25, 0.3) is 0 Å². The number of aryl methyl sites for hydroxylation is 3. The van der Waals surface area contributed by atoms with E-state index in [-0.39, 0.29) is 5.82 Å². The zero-order valence-electron chi connectivity index (χ0n) is 13.6. The molecule has 0 amide bonds. The van der Waals surface area contributed by atoms with Gasteiger partial charge in [0, 0.05) is 5.56 Å². The van der Waals surface area contributed by atoms with Gasteiger partial charge in [0.2, 0.25) is 0 Å². The molecule has 0 spiro atoms. The molecule has 2 aromatic carbocycles. The number of rotatable bonds is 1. The Morgan fingerprint density at radius 3 is 2.27 bits per heavy atom. The van der Waals surface area contributed by atoms with Crippen molar-refractivity contribution in [3.05, 3.63) is 69.5 Å². The van der Waals surface area contributed by atoms with Crippen LogP contribution in [0.1, 0.15) is 52.6 Å². The predicted molar refractivity (Wildman–Crippen MR) is 89.6 cm³/mol. The summed E-state index contributed by atoms with van der Waals surface area (Å²) in [6.45, 7) is 8.42. The van der Waals surface area contributed by atoms with Crippen LogP contribution >= 0.6 is 0 Å². The molecule has 0 bridgehead atoms. The van der Waals surface area contributed by atoms with Gasteiger partial charge in [-0.15, -0.1) is 0 Å². The fourth-order valence-corrected chi connectivity index (χ4v) is 2.98. The maximum atomic E-state index is 13.9. The summed E-state index contributed by atoms with van der Waals surface area (Å²) in [7, 11) is 0. The van der Waals surface area contributed by atoms with Crippen LogP contribution in [0.15, 0.2) is 30.3 Å². The molecule has 0 N–H and O–H groups in total. The van der Waals surface area contributed by atoms with Crippen LogP contribution in [0.2, 0.25) is 0 Å². The Bertz CT molecular complexity index is 790. The summed E-state index contributed by atoms with van der Waals surface area (Å²) < 4.78 is 13.9. The Morgan fingerprint density at radius 2 is 1.64 bits per heavy atom. The van der Waals surface area contributed by atoms with Gasteiger partial charge < -0.3 is 0 Å². The second-order valence-electron chi connectivity index (χ2n) is 6.58. The first kappa shape index (κ1) is 14.9. The van der Waals surface area contributed by atoms with Crippen LogP contribution in [0.4, 0.5) is 4.39 Å². The van der Waals surface area contributed by atoms with E-state index in [0.29, 0.717) is 5.56 Å². The summed E-state index contributed by atoms with van der Waals surface area (Å²) in [5.41, 5.74) is 6.31. The number of hydrogen-bond acceptors (Lipinski definition) is 0. The summed E-state index contributed by atoms with van der Waals surface area (Å²) >= 11 is 0. The fraction of sp³-hybridized carbons (Fsp3) is 0.333. The number of halogens is 1. The Hall–Kier alpha value is -2.07. The standard InChI is InChI=1S/C21H21F/c1-13-5-6-17(21(22)9-13)7-8-18-10-15(3)19(11-14(18)2)20-12-16(20)4/h5-6,9-11,16,20H,12H2,1-4H3. The van der Waals surface area contributed by atoms with E-state index >= 15 is 0 Å². The van der Waals surface area contributed by atoms with Gasteiger partial charge in [-0.25, -0.2) is 4.39 Å². The van der Waals surface area contributed by atoms with Crippen molar-refractivity contribution in [3.63, 3.8) is 0 Å². The van der Waals surface area contributed by atoms with Crippen molar-refractivity contribution in [1.29, 1.82) is 0 Å². The molecule has 3 rings (SSSR count). The zero-order chi connectivity index (χ0) is 15.9. The predicted octanol–water partition coefficient (Wildman–Crippen LogP) is 5.27. The van der Waals surface area contributed by atoms with E-state index < -0.39 is 0 Å². The van der Waals surface area contributed by atoms with E-state index in [9.17, 15) is 4.39 Å². The molecule has 1 aliphatic carbocycles. The molecule has 2 aromatic rings. The molecule has 0 nitrogen and oxygen atoms in total. The molecule has 0 aromatic heterocycles. The van der Waals surface area contributed by atoms with E-state index in [1.54, 1.807) is 6.07 Å². The Kier molecular flexibility index (Phi) is 3.79. The lowest BCUT2D eigenvalue weighted by molar-refractivity contribution is 0.623. The van der Waals surface area contributed by atoms with Gasteiger partial charge in [-0.2, -0.15) is 0 Å². The molecule has 0 saturated heterocycles. The van der Waals surface area contributed by atoms with Crippen molar-refractivity contribution in [3.8, 4) is 11.8 Å². The third-order valence-corrected chi connectivity index (χ3v) is 4.58. The van der Waals surface area contributed by atoms with Crippen LogP contribution in [-0.2, 0) is 0 Å². The van der Waals surface area contributed by atoms with Gasteiger partial charge in [-0.05, 0) is 79.5 Å². The van der Waals surface area contributed by atoms with Crippen molar-refractivity contribution in [2.45, 2.75) is 40.0 Å². The maximum absolute atomic E-state index is 13.9. The summed E-state index contributed by atoms with van der Waals surface area (Å²) in [5, 5.41) is 0. The van der Waals surface area contributed by atoms with E-state index in [1.807, 2.05) is 13.0 Å². The highest BCUT2D eigenvalue weighted by Crippen LogP contribution is 2.48. The number of benzene rings is 2. The molecular weight excluding hydrogens is 271 g/mol. The second-order valence-corrected chi connectivity index (χ2v) is 6.58. The first-order valence-electron chi connectivity index (χ1n) is 7.85. The SMILES string of the molecule is Cc1ccc(C#Cc2cc(C)c(C3CC3C)cc2C)c(F)c1. The Balaban J connectivity index is 1.93. The minimum absolute atomic E-state index is 0.245. The molecule has 112 valence electrons.